The van der Waals surface area contributed by atoms with Gasteiger partial charge in [-0.25, -0.2) is 0 Å². The Morgan fingerprint density at radius 3 is 2.34 bits per heavy atom. The van der Waals surface area contributed by atoms with E-state index in [0.29, 0.717) is 12.6 Å². The summed E-state index contributed by atoms with van der Waals surface area (Å²) < 4.78 is 0. The largest absolute Gasteiger partial charge is 0.329 e. The maximum Gasteiger partial charge on any atom is 0.0231 e. The van der Waals surface area contributed by atoms with Gasteiger partial charge in [0.2, 0.25) is 0 Å². The van der Waals surface area contributed by atoms with E-state index in [-0.39, 0.29) is 6.04 Å². The van der Waals surface area contributed by atoms with E-state index in [9.17, 15) is 0 Å². The molecular weight excluding hydrogens is 428 g/mol. The predicted octanol–water partition coefficient (Wildman–Crippen LogP) is 4.65. The summed E-state index contributed by atoms with van der Waals surface area (Å²) in [5.41, 5.74) is 8.92. The molecule has 0 aromatic heterocycles. The number of nitrogens with two attached hydrogens (primary N) is 1. The van der Waals surface area contributed by atoms with Gasteiger partial charge in [-0.15, -0.1) is 0 Å². The molecule has 4 heteroatoms. The van der Waals surface area contributed by atoms with E-state index < -0.39 is 0 Å². The number of nitrogens with one attached hydrogen (secondary N) is 3. The maximum atomic E-state index is 6.18. The van der Waals surface area contributed by atoms with Gasteiger partial charge in [0.1, 0.15) is 0 Å². The summed E-state index contributed by atoms with van der Waals surface area (Å²) in [6.07, 6.45) is 4.26. The number of benzene rings is 4. The van der Waals surface area contributed by atoms with Crippen molar-refractivity contribution in [3.8, 4) is 0 Å². The van der Waals surface area contributed by atoms with Crippen LogP contribution >= 0.6 is 0 Å². The predicted molar refractivity (Wildman–Crippen MR) is 151 cm³/mol. The first kappa shape index (κ1) is 25.3. The Balaban J connectivity index is 1.32. The summed E-state index contributed by atoms with van der Waals surface area (Å²) in [4.78, 5) is 0. The third kappa shape index (κ3) is 7.36. The molecule has 0 unspecified atom stereocenters. The van der Waals surface area contributed by atoms with E-state index in [1.807, 2.05) is 7.05 Å². The zero-order valence-electron chi connectivity index (χ0n) is 21.0. The van der Waals surface area contributed by atoms with Gasteiger partial charge in [-0.2, -0.15) is 0 Å². The monoisotopic (exact) mass is 468 g/mol. The SMILES string of the molecule is CNCCC[C@@H](CN[C@@H](CN)Cc1ccc2ccccc2c1)NCCc1cccc2ccccc12. The highest BCUT2D eigenvalue weighted by Gasteiger charge is 2.13. The van der Waals surface area contributed by atoms with Crippen LogP contribution in [0.3, 0.4) is 0 Å². The number of fused-ring (bicyclic) bond motifs is 2. The molecule has 2 atom stereocenters. The highest BCUT2D eigenvalue weighted by Crippen LogP contribution is 2.19. The molecule has 0 heterocycles. The second-order valence-electron chi connectivity index (χ2n) is 9.51. The number of rotatable bonds is 14. The van der Waals surface area contributed by atoms with E-state index in [0.717, 1.165) is 45.3 Å². The van der Waals surface area contributed by atoms with Crippen LogP contribution < -0.4 is 21.7 Å². The highest BCUT2D eigenvalue weighted by atomic mass is 15.0. The third-order valence-corrected chi connectivity index (χ3v) is 6.92. The molecule has 4 aromatic carbocycles. The van der Waals surface area contributed by atoms with Gasteiger partial charge in [-0.1, -0.05) is 84.9 Å². The van der Waals surface area contributed by atoms with E-state index in [1.54, 1.807) is 0 Å². The Bertz CT molecular complexity index is 1180. The van der Waals surface area contributed by atoms with Crippen molar-refractivity contribution >= 4 is 21.5 Å². The average molecular weight is 469 g/mol. The number of hydrogen-bond donors (Lipinski definition) is 4. The van der Waals surface area contributed by atoms with Crippen molar-refractivity contribution in [3.63, 3.8) is 0 Å². The molecule has 0 radical (unpaired) electrons. The van der Waals surface area contributed by atoms with Crippen LogP contribution in [-0.2, 0) is 12.8 Å². The Morgan fingerprint density at radius 1 is 0.743 bits per heavy atom. The van der Waals surface area contributed by atoms with Gasteiger partial charge in [-0.05, 0) is 78.5 Å². The quantitative estimate of drug-likeness (QED) is 0.203. The third-order valence-electron chi connectivity index (χ3n) is 6.92. The van der Waals surface area contributed by atoms with Crippen molar-refractivity contribution in [2.75, 3.05) is 33.2 Å². The molecule has 0 aliphatic rings. The fourth-order valence-corrected chi connectivity index (χ4v) is 4.92. The summed E-state index contributed by atoms with van der Waals surface area (Å²) in [6, 6.07) is 31.3. The van der Waals surface area contributed by atoms with E-state index in [4.69, 9.17) is 5.73 Å². The van der Waals surface area contributed by atoms with Crippen LogP contribution in [0.25, 0.3) is 21.5 Å². The zero-order chi connectivity index (χ0) is 24.3. The normalized spacial score (nSPS) is 13.3. The van der Waals surface area contributed by atoms with Crippen molar-refractivity contribution < 1.29 is 0 Å². The lowest BCUT2D eigenvalue weighted by Crippen LogP contribution is -2.46. The zero-order valence-corrected chi connectivity index (χ0v) is 21.0. The highest BCUT2D eigenvalue weighted by molar-refractivity contribution is 5.85. The molecule has 4 rings (SSSR count). The second kappa shape index (κ2) is 13.4. The van der Waals surface area contributed by atoms with Crippen LogP contribution in [-0.4, -0.2) is 45.3 Å². The minimum Gasteiger partial charge on any atom is -0.329 e. The molecular formula is C31H40N4. The van der Waals surface area contributed by atoms with Crippen molar-refractivity contribution in [1.29, 1.82) is 0 Å². The van der Waals surface area contributed by atoms with Crippen LogP contribution in [0.1, 0.15) is 24.0 Å². The van der Waals surface area contributed by atoms with Crippen LogP contribution in [0.15, 0.2) is 84.9 Å². The molecule has 5 N–H and O–H groups in total. The summed E-state index contributed by atoms with van der Waals surface area (Å²) in [6.45, 7) is 3.57. The van der Waals surface area contributed by atoms with Gasteiger partial charge in [0.25, 0.3) is 0 Å². The van der Waals surface area contributed by atoms with Crippen LogP contribution in [0.5, 0.6) is 0 Å². The maximum absolute atomic E-state index is 6.18. The van der Waals surface area contributed by atoms with Crippen LogP contribution in [0.4, 0.5) is 0 Å². The van der Waals surface area contributed by atoms with Gasteiger partial charge in [0.05, 0.1) is 0 Å². The fraction of sp³-hybridized carbons (Fsp3) is 0.355. The molecule has 0 bridgehead atoms. The molecule has 0 aliphatic heterocycles. The molecule has 0 saturated carbocycles. The van der Waals surface area contributed by atoms with Crippen molar-refractivity contribution in [1.82, 2.24) is 16.0 Å². The van der Waals surface area contributed by atoms with Gasteiger partial charge >= 0.3 is 0 Å². The topological polar surface area (TPSA) is 62.1 Å². The fourth-order valence-electron chi connectivity index (χ4n) is 4.92. The van der Waals surface area contributed by atoms with E-state index in [2.05, 4.69) is 101 Å². The second-order valence-corrected chi connectivity index (χ2v) is 9.51. The Labute approximate surface area is 210 Å². The van der Waals surface area contributed by atoms with E-state index in [1.165, 1.54) is 32.7 Å². The standard InChI is InChI=1S/C31H40N4/c1-33-18-7-13-29(34-19-17-27-12-6-11-26-9-4-5-14-31(26)27)23-35-30(22-32)21-24-15-16-25-8-2-3-10-28(25)20-24/h2-6,8-12,14-16,20,29-30,33-35H,7,13,17-19,21-23,32H2,1H3/t29-,30+/m0/s1. The van der Waals surface area contributed by atoms with Crippen LogP contribution in [0, 0.1) is 0 Å². The smallest absolute Gasteiger partial charge is 0.0231 e. The molecule has 0 amide bonds. The van der Waals surface area contributed by atoms with Crippen molar-refractivity contribution in [2.24, 2.45) is 5.73 Å². The van der Waals surface area contributed by atoms with Gasteiger partial charge in [0.15, 0.2) is 0 Å². The first-order valence-corrected chi connectivity index (χ1v) is 13.0. The van der Waals surface area contributed by atoms with Crippen molar-refractivity contribution in [2.45, 2.75) is 37.8 Å². The molecule has 35 heavy (non-hydrogen) atoms. The first-order chi connectivity index (χ1) is 17.3. The number of hydrogen-bond acceptors (Lipinski definition) is 4. The Hall–Kier alpha value is -2.76. The average Bonchev–Trinajstić information content (AvgIpc) is 2.90. The molecule has 0 saturated heterocycles. The summed E-state index contributed by atoms with van der Waals surface area (Å²) in [5, 5.41) is 16.1. The minimum atomic E-state index is 0.267. The molecule has 0 fully saturated rings. The molecule has 0 spiro atoms. The Morgan fingerprint density at radius 2 is 1.51 bits per heavy atom. The first-order valence-electron chi connectivity index (χ1n) is 13.0. The molecule has 4 nitrogen and oxygen atoms in total. The lowest BCUT2D eigenvalue weighted by molar-refractivity contribution is 0.406. The Kier molecular flexibility index (Phi) is 9.67. The summed E-state index contributed by atoms with van der Waals surface area (Å²) in [5.74, 6) is 0. The van der Waals surface area contributed by atoms with E-state index >= 15 is 0 Å². The van der Waals surface area contributed by atoms with Gasteiger partial charge in [-0.3, -0.25) is 0 Å². The summed E-state index contributed by atoms with van der Waals surface area (Å²) in [7, 11) is 2.02. The van der Waals surface area contributed by atoms with Gasteiger partial charge in [0, 0.05) is 25.2 Å². The lowest BCUT2D eigenvalue weighted by Gasteiger charge is -2.24. The molecule has 0 aliphatic carbocycles. The van der Waals surface area contributed by atoms with Gasteiger partial charge < -0.3 is 21.7 Å². The minimum absolute atomic E-state index is 0.267. The lowest BCUT2D eigenvalue weighted by atomic mass is 10.0. The molecule has 184 valence electrons. The summed E-state index contributed by atoms with van der Waals surface area (Å²) >= 11 is 0. The van der Waals surface area contributed by atoms with Crippen LogP contribution in [0.2, 0.25) is 0 Å². The van der Waals surface area contributed by atoms with Crippen molar-refractivity contribution in [3.05, 3.63) is 96.1 Å². The molecule has 4 aromatic rings.